The van der Waals surface area contributed by atoms with E-state index in [1.807, 2.05) is 6.07 Å². The largest absolute Gasteiger partial charge is 0.482 e. The number of carbonyl (C=O) groups is 1. The summed E-state index contributed by atoms with van der Waals surface area (Å²) in [5.41, 5.74) is 1.32. The highest BCUT2D eigenvalue weighted by Gasteiger charge is 2.27. The molecule has 1 saturated heterocycles. The maximum absolute atomic E-state index is 12.1. The lowest BCUT2D eigenvalue weighted by Gasteiger charge is -2.15. The lowest BCUT2D eigenvalue weighted by molar-refractivity contribution is -0.901. The fraction of sp³-hybridized carbons (Fsp3) is 0.316. The second-order valence-corrected chi connectivity index (χ2v) is 7.13. The maximum atomic E-state index is 12.1. The highest BCUT2D eigenvalue weighted by molar-refractivity contribution is 6.35. The fourth-order valence-electron chi connectivity index (χ4n) is 3.10. The minimum Gasteiger partial charge on any atom is -0.482 e. The Bertz CT molecular complexity index is 725. The van der Waals surface area contributed by atoms with E-state index in [0.29, 0.717) is 15.8 Å². The Morgan fingerprint density at radius 3 is 2.76 bits per heavy atom. The quantitative estimate of drug-likeness (QED) is 0.808. The van der Waals surface area contributed by atoms with Gasteiger partial charge in [-0.05, 0) is 18.2 Å². The van der Waals surface area contributed by atoms with Gasteiger partial charge in [0.05, 0.1) is 24.2 Å². The van der Waals surface area contributed by atoms with Crippen LogP contribution in [0.2, 0.25) is 10.0 Å². The number of quaternary nitrogens is 1. The molecule has 132 valence electrons. The molecule has 0 saturated carbocycles. The maximum Gasteiger partial charge on any atom is 0.258 e. The normalized spacial score (nSPS) is 19.6. The predicted molar refractivity (Wildman–Crippen MR) is 99.3 cm³/mol. The average molecular weight is 380 g/mol. The molecule has 1 aliphatic rings. The van der Waals surface area contributed by atoms with Crippen LogP contribution in [0.4, 0.5) is 0 Å². The number of hydrogen-bond donors (Lipinski definition) is 2. The Hall–Kier alpha value is -1.75. The number of hydrogen-bond acceptors (Lipinski definition) is 2. The van der Waals surface area contributed by atoms with E-state index in [-0.39, 0.29) is 18.6 Å². The first-order valence-corrected chi connectivity index (χ1v) is 9.10. The highest BCUT2D eigenvalue weighted by Crippen LogP contribution is 2.27. The Labute approximate surface area is 157 Å². The molecule has 1 heterocycles. The van der Waals surface area contributed by atoms with Gasteiger partial charge < -0.3 is 15.0 Å². The van der Waals surface area contributed by atoms with E-state index in [1.54, 1.807) is 18.2 Å². The highest BCUT2D eigenvalue weighted by atomic mass is 35.5. The second-order valence-electron chi connectivity index (χ2n) is 6.28. The molecule has 0 aromatic heterocycles. The Morgan fingerprint density at radius 2 is 2.00 bits per heavy atom. The first kappa shape index (κ1) is 18.1. The summed E-state index contributed by atoms with van der Waals surface area (Å²) >= 11 is 11.9. The number of amides is 1. The molecule has 0 bridgehead atoms. The van der Waals surface area contributed by atoms with Crippen LogP contribution in [0, 0.1) is 0 Å². The Balaban J connectivity index is 1.43. The molecule has 6 heteroatoms. The molecule has 25 heavy (non-hydrogen) atoms. The minimum absolute atomic E-state index is 0.0497. The zero-order valence-corrected chi connectivity index (χ0v) is 15.3. The summed E-state index contributed by atoms with van der Waals surface area (Å²) in [7, 11) is 0. The van der Waals surface area contributed by atoms with Gasteiger partial charge in [-0.15, -0.1) is 0 Å². The third kappa shape index (κ3) is 5.36. The number of halogens is 2. The molecule has 0 radical (unpaired) electrons. The molecule has 2 aromatic rings. The van der Waals surface area contributed by atoms with Crippen molar-refractivity contribution in [2.75, 3.05) is 19.7 Å². The lowest BCUT2D eigenvalue weighted by Crippen LogP contribution is -3.09. The monoisotopic (exact) mass is 379 g/mol. The first-order chi connectivity index (χ1) is 12.1. The van der Waals surface area contributed by atoms with Crippen molar-refractivity contribution >= 4 is 29.1 Å². The second kappa shape index (κ2) is 8.56. The van der Waals surface area contributed by atoms with Gasteiger partial charge in [0.2, 0.25) is 0 Å². The van der Waals surface area contributed by atoms with Gasteiger partial charge in [-0.25, -0.2) is 0 Å². The topological polar surface area (TPSA) is 42.8 Å². The standard InChI is InChI=1S/C19H20Cl2N2O2/c20-15-6-7-18(17(21)10-15)25-13-19(24)22-16-8-9-23(12-16)11-14-4-2-1-3-5-14/h1-7,10,16H,8-9,11-13H2,(H,22,24)/p+1/t16-/m1/s1. The third-order valence-corrected chi connectivity index (χ3v) is 4.83. The molecule has 2 atom stereocenters. The van der Waals surface area contributed by atoms with Crippen molar-refractivity contribution in [3.05, 3.63) is 64.1 Å². The molecule has 1 amide bonds. The summed E-state index contributed by atoms with van der Waals surface area (Å²) < 4.78 is 5.48. The number of nitrogens with one attached hydrogen (secondary N) is 2. The van der Waals surface area contributed by atoms with Gasteiger partial charge in [-0.1, -0.05) is 53.5 Å². The zero-order valence-electron chi connectivity index (χ0n) is 13.8. The molecule has 1 unspecified atom stereocenters. The number of ether oxygens (including phenoxy) is 1. The van der Waals surface area contributed by atoms with E-state index >= 15 is 0 Å². The van der Waals surface area contributed by atoms with Crippen LogP contribution in [0.25, 0.3) is 0 Å². The summed E-state index contributed by atoms with van der Waals surface area (Å²) in [5.74, 6) is 0.334. The van der Waals surface area contributed by atoms with E-state index in [9.17, 15) is 4.79 Å². The number of benzene rings is 2. The molecule has 4 nitrogen and oxygen atoms in total. The van der Waals surface area contributed by atoms with Gasteiger partial charge in [-0.3, -0.25) is 4.79 Å². The van der Waals surface area contributed by atoms with Gasteiger partial charge in [-0.2, -0.15) is 0 Å². The van der Waals surface area contributed by atoms with Crippen molar-refractivity contribution < 1.29 is 14.4 Å². The summed E-state index contributed by atoms with van der Waals surface area (Å²) in [4.78, 5) is 13.6. The van der Waals surface area contributed by atoms with Gasteiger partial charge >= 0.3 is 0 Å². The molecular formula is C19H21Cl2N2O2+. The summed E-state index contributed by atoms with van der Waals surface area (Å²) in [6.07, 6.45) is 0.982. The smallest absolute Gasteiger partial charge is 0.258 e. The molecule has 1 aliphatic heterocycles. The van der Waals surface area contributed by atoms with E-state index < -0.39 is 0 Å². The van der Waals surface area contributed by atoms with E-state index in [0.717, 1.165) is 26.1 Å². The van der Waals surface area contributed by atoms with E-state index in [2.05, 4.69) is 29.6 Å². The number of carbonyl (C=O) groups excluding carboxylic acids is 1. The Morgan fingerprint density at radius 1 is 1.20 bits per heavy atom. The van der Waals surface area contributed by atoms with E-state index in [1.165, 1.54) is 10.5 Å². The molecule has 0 aliphatic carbocycles. The average Bonchev–Trinajstić information content (AvgIpc) is 3.02. The van der Waals surface area contributed by atoms with Crippen LogP contribution in [0.5, 0.6) is 5.75 Å². The van der Waals surface area contributed by atoms with Gasteiger partial charge in [0, 0.05) is 17.0 Å². The van der Waals surface area contributed by atoms with Crippen LogP contribution in [-0.4, -0.2) is 31.6 Å². The Kier molecular flexibility index (Phi) is 6.19. The van der Waals surface area contributed by atoms with Crippen LogP contribution in [0.3, 0.4) is 0 Å². The molecule has 3 rings (SSSR count). The van der Waals surface area contributed by atoms with Crippen LogP contribution >= 0.6 is 23.2 Å². The third-order valence-electron chi connectivity index (χ3n) is 4.30. The van der Waals surface area contributed by atoms with Crippen molar-refractivity contribution in [3.8, 4) is 5.75 Å². The SMILES string of the molecule is O=C(COc1ccc(Cl)cc1Cl)N[C@@H]1CC[NH+](Cc2ccccc2)C1. The van der Waals surface area contributed by atoms with Crippen molar-refractivity contribution in [3.63, 3.8) is 0 Å². The summed E-state index contributed by atoms with van der Waals surface area (Å²) in [5, 5.41) is 3.98. The van der Waals surface area contributed by atoms with Gasteiger partial charge in [0.1, 0.15) is 12.3 Å². The van der Waals surface area contributed by atoms with Crippen LogP contribution in [0.15, 0.2) is 48.5 Å². The van der Waals surface area contributed by atoms with Crippen LogP contribution < -0.4 is 15.0 Å². The van der Waals surface area contributed by atoms with Crippen LogP contribution in [0.1, 0.15) is 12.0 Å². The van der Waals surface area contributed by atoms with Crippen molar-refractivity contribution in [2.45, 2.75) is 19.0 Å². The van der Waals surface area contributed by atoms with Gasteiger partial charge in [0.25, 0.3) is 5.91 Å². The lowest BCUT2D eigenvalue weighted by atomic mass is 10.2. The van der Waals surface area contributed by atoms with Gasteiger partial charge in [0.15, 0.2) is 6.61 Å². The van der Waals surface area contributed by atoms with Crippen LogP contribution in [-0.2, 0) is 11.3 Å². The number of rotatable bonds is 6. The fourth-order valence-corrected chi connectivity index (χ4v) is 3.57. The molecular weight excluding hydrogens is 359 g/mol. The van der Waals surface area contributed by atoms with Crippen molar-refractivity contribution in [1.29, 1.82) is 0 Å². The predicted octanol–water partition coefficient (Wildman–Crippen LogP) is 2.35. The summed E-state index contributed by atoms with van der Waals surface area (Å²) in [6.45, 7) is 2.93. The molecule has 0 spiro atoms. The number of likely N-dealkylation sites (tertiary alicyclic amines) is 1. The van der Waals surface area contributed by atoms with E-state index in [4.69, 9.17) is 27.9 Å². The molecule has 2 N–H and O–H groups in total. The summed E-state index contributed by atoms with van der Waals surface area (Å²) in [6, 6.07) is 15.6. The van der Waals surface area contributed by atoms with Crippen molar-refractivity contribution in [1.82, 2.24) is 5.32 Å². The minimum atomic E-state index is -0.128. The first-order valence-electron chi connectivity index (χ1n) is 8.35. The molecule has 2 aromatic carbocycles. The molecule has 1 fully saturated rings. The zero-order chi connectivity index (χ0) is 17.6. The van der Waals surface area contributed by atoms with Crippen molar-refractivity contribution in [2.24, 2.45) is 0 Å².